The molecule has 16 heavy (non-hydrogen) atoms. The molecule has 0 saturated carbocycles. The van der Waals surface area contributed by atoms with E-state index in [0.717, 1.165) is 5.69 Å². The summed E-state index contributed by atoms with van der Waals surface area (Å²) >= 11 is 0. The van der Waals surface area contributed by atoms with E-state index in [0.29, 0.717) is 17.4 Å². The lowest BCUT2D eigenvalue weighted by molar-refractivity contribution is 0.249. The van der Waals surface area contributed by atoms with Crippen LogP contribution in [0.3, 0.4) is 0 Å². The van der Waals surface area contributed by atoms with Gasteiger partial charge < -0.3 is 20.9 Å². The Morgan fingerprint density at radius 1 is 1.38 bits per heavy atom. The standard InChI is InChI=1S/C12H20N2O2/c1-8(2)12(7-15)14-10-4-9(13)5-11(6-10)16-3/h4-6,8,12,14-15H,7,13H2,1-3H3. The highest BCUT2D eigenvalue weighted by molar-refractivity contribution is 5.59. The Kier molecular flexibility index (Phi) is 4.43. The second-order valence-electron chi connectivity index (χ2n) is 4.17. The van der Waals surface area contributed by atoms with E-state index < -0.39 is 0 Å². The van der Waals surface area contributed by atoms with Crippen molar-refractivity contribution >= 4 is 11.4 Å². The highest BCUT2D eigenvalue weighted by Crippen LogP contribution is 2.23. The average molecular weight is 224 g/mol. The summed E-state index contributed by atoms with van der Waals surface area (Å²) in [6, 6.07) is 5.47. The van der Waals surface area contributed by atoms with E-state index in [4.69, 9.17) is 10.5 Å². The fourth-order valence-electron chi connectivity index (χ4n) is 1.46. The van der Waals surface area contributed by atoms with Crippen molar-refractivity contribution in [1.82, 2.24) is 0 Å². The lowest BCUT2D eigenvalue weighted by Gasteiger charge is -2.21. The van der Waals surface area contributed by atoms with Gasteiger partial charge in [-0.1, -0.05) is 13.8 Å². The summed E-state index contributed by atoms with van der Waals surface area (Å²) < 4.78 is 5.13. The molecule has 0 spiro atoms. The number of anilines is 2. The van der Waals surface area contributed by atoms with Crippen molar-refractivity contribution in [1.29, 1.82) is 0 Å². The van der Waals surface area contributed by atoms with Gasteiger partial charge in [-0.05, 0) is 12.0 Å². The molecule has 0 saturated heterocycles. The summed E-state index contributed by atoms with van der Waals surface area (Å²) in [6.07, 6.45) is 0. The first-order valence-electron chi connectivity index (χ1n) is 5.38. The lowest BCUT2D eigenvalue weighted by Crippen LogP contribution is -2.29. The quantitative estimate of drug-likeness (QED) is 0.666. The normalized spacial score (nSPS) is 12.6. The van der Waals surface area contributed by atoms with Gasteiger partial charge in [-0.25, -0.2) is 0 Å². The van der Waals surface area contributed by atoms with Gasteiger partial charge in [0, 0.05) is 23.5 Å². The monoisotopic (exact) mass is 224 g/mol. The van der Waals surface area contributed by atoms with Gasteiger partial charge >= 0.3 is 0 Å². The van der Waals surface area contributed by atoms with Crippen LogP contribution in [0.1, 0.15) is 13.8 Å². The minimum Gasteiger partial charge on any atom is -0.497 e. The van der Waals surface area contributed by atoms with Gasteiger partial charge in [0.1, 0.15) is 5.75 Å². The number of hydrogen-bond donors (Lipinski definition) is 3. The van der Waals surface area contributed by atoms with E-state index in [1.807, 2.05) is 12.1 Å². The Labute approximate surface area is 96.4 Å². The number of aliphatic hydroxyl groups excluding tert-OH is 1. The van der Waals surface area contributed by atoms with Gasteiger partial charge in [0.2, 0.25) is 0 Å². The number of methoxy groups -OCH3 is 1. The maximum atomic E-state index is 9.23. The highest BCUT2D eigenvalue weighted by atomic mass is 16.5. The molecular formula is C12H20N2O2. The van der Waals surface area contributed by atoms with E-state index in [9.17, 15) is 5.11 Å². The van der Waals surface area contributed by atoms with Crippen molar-refractivity contribution in [3.8, 4) is 5.75 Å². The first-order chi connectivity index (χ1) is 7.56. The topological polar surface area (TPSA) is 67.5 Å². The number of hydrogen-bond acceptors (Lipinski definition) is 4. The molecule has 0 fully saturated rings. The van der Waals surface area contributed by atoms with Gasteiger partial charge in [-0.15, -0.1) is 0 Å². The maximum absolute atomic E-state index is 9.23. The summed E-state index contributed by atoms with van der Waals surface area (Å²) in [4.78, 5) is 0. The number of aliphatic hydroxyl groups is 1. The molecule has 1 aromatic rings. The second-order valence-corrected chi connectivity index (χ2v) is 4.17. The van der Waals surface area contributed by atoms with Crippen LogP contribution in [0.5, 0.6) is 5.75 Å². The molecule has 1 rings (SSSR count). The summed E-state index contributed by atoms with van der Waals surface area (Å²) in [6.45, 7) is 4.20. The van der Waals surface area contributed by atoms with Crippen molar-refractivity contribution in [2.75, 3.05) is 24.8 Å². The SMILES string of the molecule is COc1cc(N)cc(NC(CO)C(C)C)c1. The summed E-state index contributed by atoms with van der Waals surface area (Å²) in [5, 5.41) is 12.5. The molecule has 0 radical (unpaired) electrons. The smallest absolute Gasteiger partial charge is 0.122 e. The van der Waals surface area contributed by atoms with Crippen LogP contribution in [-0.4, -0.2) is 24.9 Å². The van der Waals surface area contributed by atoms with Gasteiger partial charge in [0.25, 0.3) is 0 Å². The third kappa shape index (κ3) is 3.31. The van der Waals surface area contributed by atoms with E-state index >= 15 is 0 Å². The van der Waals surface area contributed by atoms with Crippen molar-refractivity contribution < 1.29 is 9.84 Å². The largest absolute Gasteiger partial charge is 0.497 e. The predicted molar refractivity (Wildman–Crippen MR) is 66.7 cm³/mol. The molecule has 1 unspecified atom stereocenters. The third-order valence-corrected chi connectivity index (χ3v) is 2.52. The number of nitrogen functional groups attached to an aromatic ring is 1. The van der Waals surface area contributed by atoms with Gasteiger partial charge in [-0.2, -0.15) is 0 Å². The molecule has 4 nitrogen and oxygen atoms in total. The van der Waals surface area contributed by atoms with Gasteiger partial charge in [-0.3, -0.25) is 0 Å². The molecular weight excluding hydrogens is 204 g/mol. The van der Waals surface area contributed by atoms with Crippen molar-refractivity contribution in [3.05, 3.63) is 18.2 Å². The molecule has 0 aliphatic heterocycles. The minimum atomic E-state index is 0.0199. The number of nitrogens with two attached hydrogens (primary N) is 1. The number of rotatable bonds is 5. The average Bonchev–Trinajstić information content (AvgIpc) is 2.24. The number of nitrogens with one attached hydrogen (secondary N) is 1. The number of ether oxygens (including phenoxy) is 1. The molecule has 0 aliphatic carbocycles. The minimum absolute atomic E-state index is 0.0199. The zero-order valence-corrected chi connectivity index (χ0v) is 10.0. The van der Waals surface area contributed by atoms with E-state index in [1.165, 1.54) is 0 Å². The predicted octanol–water partition coefficient (Wildman–Crippen LogP) is 1.71. The highest BCUT2D eigenvalue weighted by Gasteiger charge is 2.12. The van der Waals surface area contributed by atoms with E-state index in [1.54, 1.807) is 13.2 Å². The molecule has 0 aromatic heterocycles. The van der Waals surface area contributed by atoms with E-state index in [2.05, 4.69) is 19.2 Å². The van der Waals surface area contributed by atoms with Crippen LogP contribution in [0, 0.1) is 5.92 Å². The molecule has 0 heterocycles. The third-order valence-electron chi connectivity index (χ3n) is 2.52. The van der Waals surface area contributed by atoms with Crippen LogP contribution in [-0.2, 0) is 0 Å². The fourth-order valence-corrected chi connectivity index (χ4v) is 1.46. The molecule has 0 amide bonds. The van der Waals surface area contributed by atoms with E-state index in [-0.39, 0.29) is 12.6 Å². The van der Waals surface area contributed by atoms with Crippen molar-refractivity contribution in [2.45, 2.75) is 19.9 Å². The van der Waals surface area contributed by atoms with Crippen LogP contribution < -0.4 is 15.8 Å². The zero-order valence-electron chi connectivity index (χ0n) is 10.0. The zero-order chi connectivity index (χ0) is 12.1. The Morgan fingerprint density at radius 2 is 2.06 bits per heavy atom. The Morgan fingerprint density at radius 3 is 2.56 bits per heavy atom. The summed E-state index contributed by atoms with van der Waals surface area (Å²) in [7, 11) is 1.60. The molecule has 0 bridgehead atoms. The Balaban J connectivity index is 2.83. The fraction of sp³-hybridized carbons (Fsp3) is 0.500. The molecule has 4 heteroatoms. The Bertz CT molecular complexity index is 340. The second kappa shape index (κ2) is 5.61. The van der Waals surface area contributed by atoms with Crippen molar-refractivity contribution in [2.24, 2.45) is 5.92 Å². The summed E-state index contributed by atoms with van der Waals surface area (Å²) in [5.74, 6) is 1.06. The first-order valence-corrected chi connectivity index (χ1v) is 5.38. The van der Waals surface area contributed by atoms with Crippen LogP contribution in [0.4, 0.5) is 11.4 Å². The van der Waals surface area contributed by atoms with Gasteiger partial charge in [0.15, 0.2) is 0 Å². The maximum Gasteiger partial charge on any atom is 0.122 e. The first kappa shape index (κ1) is 12.6. The van der Waals surface area contributed by atoms with Crippen LogP contribution in [0.25, 0.3) is 0 Å². The van der Waals surface area contributed by atoms with Crippen LogP contribution in [0.15, 0.2) is 18.2 Å². The molecule has 1 atom stereocenters. The van der Waals surface area contributed by atoms with Crippen LogP contribution in [0.2, 0.25) is 0 Å². The molecule has 0 aliphatic rings. The molecule has 1 aromatic carbocycles. The summed E-state index contributed by atoms with van der Waals surface area (Å²) in [5.41, 5.74) is 7.25. The van der Waals surface area contributed by atoms with Crippen molar-refractivity contribution in [3.63, 3.8) is 0 Å². The number of benzene rings is 1. The molecule has 4 N–H and O–H groups in total. The molecule has 90 valence electrons. The lowest BCUT2D eigenvalue weighted by atomic mass is 10.1. The van der Waals surface area contributed by atoms with Crippen LogP contribution >= 0.6 is 0 Å². The van der Waals surface area contributed by atoms with Gasteiger partial charge in [0.05, 0.1) is 19.8 Å². The Hall–Kier alpha value is -1.42.